The summed E-state index contributed by atoms with van der Waals surface area (Å²) in [5.41, 5.74) is 5.91. The number of hydrogen-bond acceptors (Lipinski definition) is 2. The maximum absolute atomic E-state index is 5.91. The molecular formula is C7H17N2P. The van der Waals surface area contributed by atoms with E-state index in [9.17, 15) is 0 Å². The standard InChI is InChI=1S/C7H17N2P/c8-6-4-2-1-3-5-7(6)9-10/h6-7,9H,1-5,8,10H2. The van der Waals surface area contributed by atoms with Gasteiger partial charge < -0.3 is 5.73 Å². The van der Waals surface area contributed by atoms with E-state index in [2.05, 4.69) is 14.5 Å². The lowest BCUT2D eigenvalue weighted by Gasteiger charge is -2.19. The molecule has 3 N–H and O–H groups in total. The van der Waals surface area contributed by atoms with E-state index in [1.165, 1.54) is 32.1 Å². The van der Waals surface area contributed by atoms with E-state index >= 15 is 0 Å². The lowest BCUT2D eigenvalue weighted by atomic mass is 10.1. The minimum absolute atomic E-state index is 0.375. The zero-order chi connectivity index (χ0) is 7.40. The van der Waals surface area contributed by atoms with E-state index in [1.807, 2.05) is 0 Å². The molecule has 3 unspecified atom stereocenters. The van der Waals surface area contributed by atoms with E-state index < -0.39 is 0 Å². The van der Waals surface area contributed by atoms with Crippen molar-refractivity contribution in [2.45, 2.75) is 44.2 Å². The molecule has 0 saturated heterocycles. The van der Waals surface area contributed by atoms with Crippen LogP contribution in [0.3, 0.4) is 0 Å². The highest BCUT2D eigenvalue weighted by atomic mass is 31.0. The Morgan fingerprint density at radius 2 is 1.90 bits per heavy atom. The van der Waals surface area contributed by atoms with E-state index in [4.69, 9.17) is 5.73 Å². The van der Waals surface area contributed by atoms with Gasteiger partial charge in [-0.05, 0) is 12.8 Å². The van der Waals surface area contributed by atoms with Gasteiger partial charge in [-0.15, -0.1) is 0 Å². The van der Waals surface area contributed by atoms with Crippen LogP contribution < -0.4 is 10.8 Å². The normalized spacial score (nSPS) is 35.4. The second-order valence-electron chi connectivity index (χ2n) is 3.08. The lowest BCUT2D eigenvalue weighted by Crippen LogP contribution is -2.40. The first-order valence-electron chi connectivity index (χ1n) is 4.06. The molecule has 10 heavy (non-hydrogen) atoms. The zero-order valence-electron chi connectivity index (χ0n) is 6.34. The summed E-state index contributed by atoms with van der Waals surface area (Å²) in [6, 6.07) is 0.910. The molecule has 1 rings (SSSR count). The van der Waals surface area contributed by atoms with Gasteiger partial charge >= 0.3 is 0 Å². The Morgan fingerprint density at radius 1 is 1.20 bits per heavy atom. The minimum Gasteiger partial charge on any atom is -0.326 e. The van der Waals surface area contributed by atoms with Crippen LogP contribution in [0.15, 0.2) is 0 Å². The maximum atomic E-state index is 5.91. The topological polar surface area (TPSA) is 38.0 Å². The summed E-state index contributed by atoms with van der Waals surface area (Å²) in [4.78, 5) is 0. The fourth-order valence-electron chi connectivity index (χ4n) is 1.54. The monoisotopic (exact) mass is 160 g/mol. The van der Waals surface area contributed by atoms with Crippen LogP contribution in [0.2, 0.25) is 0 Å². The van der Waals surface area contributed by atoms with Gasteiger partial charge in [0.05, 0.1) is 0 Å². The molecule has 0 heterocycles. The van der Waals surface area contributed by atoms with Crippen LogP contribution in [0.25, 0.3) is 0 Å². The predicted molar refractivity (Wildman–Crippen MR) is 47.7 cm³/mol. The average Bonchev–Trinajstić information content (AvgIpc) is 2.13. The van der Waals surface area contributed by atoms with Crippen molar-refractivity contribution < 1.29 is 0 Å². The van der Waals surface area contributed by atoms with Crippen LogP contribution in [0.1, 0.15) is 32.1 Å². The van der Waals surface area contributed by atoms with Gasteiger partial charge in [-0.1, -0.05) is 28.7 Å². The Balaban J connectivity index is 2.35. The van der Waals surface area contributed by atoms with Crippen molar-refractivity contribution >= 4 is 9.39 Å². The third kappa shape index (κ3) is 2.19. The summed E-state index contributed by atoms with van der Waals surface area (Å²) in [7, 11) is 2.56. The molecule has 60 valence electrons. The van der Waals surface area contributed by atoms with Crippen LogP contribution in [-0.2, 0) is 0 Å². The summed E-state index contributed by atoms with van der Waals surface area (Å²) in [6.45, 7) is 0. The lowest BCUT2D eigenvalue weighted by molar-refractivity contribution is 0.476. The largest absolute Gasteiger partial charge is 0.326 e. The molecule has 1 aliphatic carbocycles. The van der Waals surface area contributed by atoms with E-state index in [0.29, 0.717) is 12.1 Å². The third-order valence-electron chi connectivity index (χ3n) is 2.28. The van der Waals surface area contributed by atoms with Gasteiger partial charge in [0, 0.05) is 12.1 Å². The van der Waals surface area contributed by atoms with Crippen LogP contribution in [-0.4, -0.2) is 12.1 Å². The Kier molecular flexibility index (Phi) is 3.61. The van der Waals surface area contributed by atoms with E-state index in [0.717, 1.165) is 0 Å². The van der Waals surface area contributed by atoms with Crippen LogP contribution in [0, 0.1) is 0 Å². The molecule has 0 aliphatic heterocycles. The SMILES string of the molecule is NC1CCCCCC1NP. The molecule has 3 atom stereocenters. The highest BCUT2D eigenvalue weighted by molar-refractivity contribution is 7.13. The molecule has 0 aromatic rings. The van der Waals surface area contributed by atoms with Crippen molar-refractivity contribution in [2.24, 2.45) is 5.73 Å². The maximum Gasteiger partial charge on any atom is 0.0250 e. The molecule has 0 aromatic carbocycles. The van der Waals surface area contributed by atoms with E-state index in [-0.39, 0.29) is 0 Å². The quantitative estimate of drug-likeness (QED) is 0.444. The number of nitrogens with two attached hydrogens (primary N) is 1. The van der Waals surface area contributed by atoms with Gasteiger partial charge in [0.1, 0.15) is 0 Å². The predicted octanol–water partition coefficient (Wildman–Crippen LogP) is 1.03. The van der Waals surface area contributed by atoms with Gasteiger partial charge in [-0.25, -0.2) is 0 Å². The Hall–Kier alpha value is 0.350. The highest BCUT2D eigenvalue weighted by Gasteiger charge is 2.17. The molecule has 1 fully saturated rings. The van der Waals surface area contributed by atoms with Gasteiger partial charge in [-0.3, -0.25) is 5.09 Å². The second-order valence-corrected chi connectivity index (χ2v) is 3.41. The van der Waals surface area contributed by atoms with Gasteiger partial charge in [-0.2, -0.15) is 0 Å². The molecule has 2 nitrogen and oxygen atoms in total. The number of rotatable bonds is 1. The van der Waals surface area contributed by atoms with Gasteiger partial charge in [0.25, 0.3) is 0 Å². The van der Waals surface area contributed by atoms with Crippen molar-refractivity contribution in [1.29, 1.82) is 0 Å². The first kappa shape index (κ1) is 8.45. The molecule has 0 radical (unpaired) electrons. The molecule has 1 aliphatic rings. The Labute approximate surface area is 65.2 Å². The molecule has 0 amide bonds. The van der Waals surface area contributed by atoms with Crippen LogP contribution in [0.5, 0.6) is 0 Å². The van der Waals surface area contributed by atoms with Crippen molar-refractivity contribution in [3.8, 4) is 0 Å². The van der Waals surface area contributed by atoms with Crippen molar-refractivity contribution in [3.05, 3.63) is 0 Å². The first-order valence-corrected chi connectivity index (χ1v) is 4.64. The molecular weight excluding hydrogens is 143 g/mol. The van der Waals surface area contributed by atoms with Crippen molar-refractivity contribution in [2.75, 3.05) is 0 Å². The summed E-state index contributed by atoms with van der Waals surface area (Å²) in [5.74, 6) is 0. The molecule has 1 saturated carbocycles. The summed E-state index contributed by atoms with van der Waals surface area (Å²) in [5, 5.41) is 3.19. The number of hydrogen-bond donors (Lipinski definition) is 2. The fourth-order valence-corrected chi connectivity index (χ4v) is 1.96. The Morgan fingerprint density at radius 3 is 2.60 bits per heavy atom. The summed E-state index contributed by atoms with van der Waals surface area (Å²) < 4.78 is 0. The smallest absolute Gasteiger partial charge is 0.0250 e. The van der Waals surface area contributed by atoms with Gasteiger partial charge in [0.15, 0.2) is 0 Å². The average molecular weight is 160 g/mol. The van der Waals surface area contributed by atoms with Crippen molar-refractivity contribution in [3.63, 3.8) is 0 Å². The van der Waals surface area contributed by atoms with E-state index in [1.54, 1.807) is 0 Å². The fraction of sp³-hybridized carbons (Fsp3) is 1.00. The summed E-state index contributed by atoms with van der Waals surface area (Å²) >= 11 is 0. The third-order valence-corrected chi connectivity index (χ3v) is 2.71. The minimum atomic E-state index is 0.375. The Bertz CT molecular complexity index is 97.6. The number of nitrogens with one attached hydrogen (secondary N) is 1. The molecule has 0 aromatic heterocycles. The van der Waals surface area contributed by atoms with Crippen LogP contribution in [0.4, 0.5) is 0 Å². The molecule has 3 heteroatoms. The van der Waals surface area contributed by atoms with Gasteiger partial charge in [0.2, 0.25) is 0 Å². The molecule has 0 bridgehead atoms. The van der Waals surface area contributed by atoms with Crippen LogP contribution >= 0.6 is 9.39 Å². The first-order chi connectivity index (χ1) is 4.84. The summed E-state index contributed by atoms with van der Waals surface area (Å²) in [6.07, 6.45) is 6.43. The second kappa shape index (κ2) is 4.27. The highest BCUT2D eigenvalue weighted by Crippen LogP contribution is 2.16. The molecule has 0 spiro atoms. The zero-order valence-corrected chi connectivity index (χ0v) is 7.50. The van der Waals surface area contributed by atoms with Crippen molar-refractivity contribution in [1.82, 2.24) is 5.09 Å².